The van der Waals surface area contributed by atoms with Crippen LogP contribution in [0.3, 0.4) is 0 Å². The number of rotatable bonds is 10. The van der Waals surface area contributed by atoms with Gasteiger partial charge in [0.25, 0.3) is 5.91 Å². The van der Waals surface area contributed by atoms with Crippen molar-refractivity contribution in [2.75, 3.05) is 31.4 Å². The largest absolute Gasteiger partial charge is 0.497 e. The first kappa shape index (κ1) is 24.2. The molecule has 1 unspecified atom stereocenters. The highest BCUT2D eigenvalue weighted by Crippen LogP contribution is 2.27. The van der Waals surface area contributed by atoms with Crippen molar-refractivity contribution in [3.8, 4) is 11.5 Å². The minimum atomic E-state index is -0.913. The van der Waals surface area contributed by atoms with E-state index in [4.69, 9.17) is 9.47 Å². The Bertz CT molecular complexity index is 1150. The number of carbonyl (C=O) groups is 3. The van der Waals surface area contributed by atoms with E-state index in [0.29, 0.717) is 28.6 Å². The van der Waals surface area contributed by atoms with Crippen molar-refractivity contribution >= 4 is 29.0 Å². The maximum Gasteiger partial charge on any atom is 0.253 e. The van der Waals surface area contributed by atoms with E-state index in [1.807, 2.05) is 0 Å². The molecule has 34 heavy (non-hydrogen) atoms. The lowest BCUT2D eigenvalue weighted by atomic mass is 10.1. The van der Waals surface area contributed by atoms with Gasteiger partial charge < -0.3 is 25.4 Å². The predicted molar refractivity (Wildman–Crippen MR) is 128 cm³/mol. The summed E-state index contributed by atoms with van der Waals surface area (Å²) < 4.78 is 10.4. The first-order valence-corrected chi connectivity index (χ1v) is 10.5. The van der Waals surface area contributed by atoms with E-state index in [-0.39, 0.29) is 29.7 Å². The average Bonchev–Trinajstić information content (AvgIpc) is 2.86. The lowest BCUT2D eigenvalue weighted by molar-refractivity contribution is -0.119. The van der Waals surface area contributed by atoms with Gasteiger partial charge in [0.1, 0.15) is 17.5 Å². The van der Waals surface area contributed by atoms with Crippen molar-refractivity contribution in [3.63, 3.8) is 0 Å². The quantitative estimate of drug-likeness (QED) is 0.396. The van der Waals surface area contributed by atoms with Gasteiger partial charge in [-0.25, -0.2) is 0 Å². The summed E-state index contributed by atoms with van der Waals surface area (Å²) in [5.41, 5.74) is 1.71. The summed E-state index contributed by atoms with van der Waals surface area (Å²) in [4.78, 5) is 41.7. The lowest BCUT2D eigenvalue weighted by Crippen LogP contribution is -2.30. The van der Waals surface area contributed by atoms with Crippen LogP contribution in [0.2, 0.25) is 0 Å². The average molecular weight is 463 g/mol. The number of nitrogens with one attached hydrogen (secondary N) is 3. The smallest absolute Gasteiger partial charge is 0.253 e. The number of aromatic nitrogens is 1. The summed E-state index contributed by atoms with van der Waals surface area (Å²) >= 11 is 0. The number of carbonyl (C=O) groups excluding carboxylic acids is 3. The topological polar surface area (TPSA) is 119 Å². The standard InChI is InChI=1S/C25H26N4O5/c1-16(30)27-15-23(31)20-14-19(34-3)11-12-21(20)29-24(22-6-4-5-13-26-22)25(32)28-17-7-9-18(33-2)10-8-17/h4-14,24,29H,15H2,1-3H3,(H,27,30)(H,28,32). The number of methoxy groups -OCH3 is 2. The molecular formula is C25H26N4O5. The van der Waals surface area contributed by atoms with Crippen LogP contribution < -0.4 is 25.4 Å². The maximum absolute atomic E-state index is 13.3. The van der Waals surface area contributed by atoms with E-state index in [9.17, 15) is 14.4 Å². The number of anilines is 2. The number of hydrogen-bond acceptors (Lipinski definition) is 7. The Morgan fingerprint density at radius 1 is 0.941 bits per heavy atom. The monoisotopic (exact) mass is 462 g/mol. The molecule has 0 spiro atoms. The molecule has 0 fully saturated rings. The van der Waals surface area contributed by atoms with E-state index >= 15 is 0 Å². The third kappa shape index (κ3) is 6.32. The van der Waals surface area contributed by atoms with Crippen LogP contribution >= 0.6 is 0 Å². The van der Waals surface area contributed by atoms with E-state index in [0.717, 1.165) is 0 Å². The lowest BCUT2D eigenvalue weighted by Gasteiger charge is -2.21. The fourth-order valence-electron chi connectivity index (χ4n) is 3.17. The molecule has 9 heteroatoms. The normalized spacial score (nSPS) is 11.1. The molecule has 3 rings (SSSR count). The van der Waals surface area contributed by atoms with Gasteiger partial charge in [-0.3, -0.25) is 19.4 Å². The van der Waals surface area contributed by atoms with Crippen molar-refractivity contribution in [2.45, 2.75) is 13.0 Å². The number of ether oxygens (including phenoxy) is 2. The third-order valence-corrected chi connectivity index (χ3v) is 4.93. The van der Waals surface area contributed by atoms with E-state index < -0.39 is 6.04 Å². The summed E-state index contributed by atoms with van der Waals surface area (Å²) in [6.07, 6.45) is 1.58. The van der Waals surface area contributed by atoms with Gasteiger partial charge in [-0.05, 0) is 54.6 Å². The van der Waals surface area contributed by atoms with Crippen LogP contribution in [0.1, 0.15) is 29.0 Å². The fraction of sp³-hybridized carbons (Fsp3) is 0.200. The summed E-state index contributed by atoms with van der Waals surface area (Å²) in [6, 6.07) is 16.1. The minimum Gasteiger partial charge on any atom is -0.497 e. The number of nitrogens with zero attached hydrogens (tertiary/aromatic N) is 1. The Hall–Kier alpha value is -4.40. The zero-order valence-electron chi connectivity index (χ0n) is 19.1. The molecule has 0 radical (unpaired) electrons. The van der Waals surface area contributed by atoms with Crippen LogP contribution in [-0.2, 0) is 9.59 Å². The second kappa shape index (κ2) is 11.5. The van der Waals surface area contributed by atoms with Gasteiger partial charge in [-0.2, -0.15) is 0 Å². The molecule has 2 amide bonds. The van der Waals surface area contributed by atoms with Gasteiger partial charge >= 0.3 is 0 Å². The fourth-order valence-corrected chi connectivity index (χ4v) is 3.17. The molecular weight excluding hydrogens is 436 g/mol. The van der Waals surface area contributed by atoms with Crippen molar-refractivity contribution in [2.24, 2.45) is 0 Å². The van der Waals surface area contributed by atoms with Gasteiger partial charge in [0.15, 0.2) is 5.78 Å². The SMILES string of the molecule is COc1ccc(NC(=O)C(Nc2ccc(OC)cc2C(=O)CNC(C)=O)c2ccccn2)cc1. The number of ketones is 1. The van der Waals surface area contributed by atoms with Gasteiger partial charge in [0.05, 0.1) is 26.5 Å². The molecule has 9 nitrogen and oxygen atoms in total. The summed E-state index contributed by atoms with van der Waals surface area (Å²) in [5, 5.41) is 8.50. The van der Waals surface area contributed by atoms with Crippen molar-refractivity contribution < 1.29 is 23.9 Å². The number of hydrogen-bond donors (Lipinski definition) is 3. The Labute approximate surface area is 197 Å². The zero-order chi connectivity index (χ0) is 24.5. The second-order valence-electron chi connectivity index (χ2n) is 7.29. The third-order valence-electron chi connectivity index (χ3n) is 4.93. The number of Topliss-reactive ketones (excluding diaryl/α,β-unsaturated/α-hetero) is 1. The highest BCUT2D eigenvalue weighted by atomic mass is 16.5. The maximum atomic E-state index is 13.3. The molecule has 1 atom stereocenters. The number of benzene rings is 2. The van der Waals surface area contributed by atoms with E-state index in [2.05, 4.69) is 20.9 Å². The highest BCUT2D eigenvalue weighted by Gasteiger charge is 2.24. The Morgan fingerprint density at radius 2 is 1.65 bits per heavy atom. The summed E-state index contributed by atoms with van der Waals surface area (Å²) in [7, 11) is 3.05. The molecule has 0 aliphatic carbocycles. The highest BCUT2D eigenvalue weighted by molar-refractivity contribution is 6.05. The molecule has 1 aromatic heterocycles. The predicted octanol–water partition coefficient (Wildman–Crippen LogP) is 3.21. The molecule has 0 bridgehead atoms. The molecule has 2 aromatic carbocycles. The molecule has 3 N–H and O–H groups in total. The second-order valence-corrected chi connectivity index (χ2v) is 7.29. The van der Waals surface area contributed by atoms with Gasteiger partial charge in [-0.15, -0.1) is 0 Å². The Balaban J connectivity index is 1.92. The van der Waals surface area contributed by atoms with Crippen LogP contribution in [0.4, 0.5) is 11.4 Å². The molecule has 0 saturated heterocycles. The number of pyridine rings is 1. The van der Waals surface area contributed by atoms with Crippen molar-refractivity contribution in [3.05, 3.63) is 78.1 Å². The zero-order valence-corrected chi connectivity index (χ0v) is 19.1. The van der Waals surface area contributed by atoms with Gasteiger partial charge in [0.2, 0.25) is 5.91 Å². The minimum absolute atomic E-state index is 0.191. The van der Waals surface area contributed by atoms with Crippen LogP contribution in [0, 0.1) is 0 Å². The van der Waals surface area contributed by atoms with Crippen molar-refractivity contribution in [1.29, 1.82) is 0 Å². The number of amides is 2. The molecule has 0 aliphatic rings. The molecule has 0 saturated carbocycles. The summed E-state index contributed by atoms with van der Waals surface area (Å²) in [5.74, 6) is 0.0922. The van der Waals surface area contributed by atoms with Gasteiger partial charge in [-0.1, -0.05) is 6.07 Å². The Morgan fingerprint density at radius 3 is 2.26 bits per heavy atom. The van der Waals surface area contributed by atoms with Crippen LogP contribution in [0.25, 0.3) is 0 Å². The van der Waals surface area contributed by atoms with E-state index in [1.54, 1.807) is 74.0 Å². The molecule has 1 heterocycles. The molecule has 3 aromatic rings. The molecule has 176 valence electrons. The van der Waals surface area contributed by atoms with Gasteiger partial charge in [0, 0.05) is 30.1 Å². The first-order chi connectivity index (χ1) is 16.4. The van der Waals surface area contributed by atoms with Crippen LogP contribution in [-0.4, -0.2) is 43.3 Å². The summed E-state index contributed by atoms with van der Waals surface area (Å²) in [6.45, 7) is 1.14. The Kier molecular flexibility index (Phi) is 8.17. The van der Waals surface area contributed by atoms with Crippen LogP contribution in [0.5, 0.6) is 11.5 Å². The molecule has 0 aliphatic heterocycles. The van der Waals surface area contributed by atoms with E-state index in [1.165, 1.54) is 14.0 Å². The van der Waals surface area contributed by atoms with Crippen molar-refractivity contribution in [1.82, 2.24) is 10.3 Å². The first-order valence-electron chi connectivity index (χ1n) is 10.5. The van der Waals surface area contributed by atoms with Crippen LogP contribution in [0.15, 0.2) is 66.9 Å².